The Hall–Kier alpha value is -0.860. The van der Waals surface area contributed by atoms with E-state index in [4.69, 9.17) is 0 Å². The Bertz CT molecular complexity index is 466. The minimum Gasteiger partial charge on any atom is -0.338 e. The summed E-state index contributed by atoms with van der Waals surface area (Å²) in [4.78, 5) is 16.4. The summed E-state index contributed by atoms with van der Waals surface area (Å²) in [6.45, 7) is 8.40. The first-order valence-corrected chi connectivity index (χ1v) is 9.95. The first-order chi connectivity index (χ1) is 10.4. The number of hydrogen-bond acceptors (Lipinski definition) is 4. The van der Waals surface area contributed by atoms with Gasteiger partial charge < -0.3 is 15.1 Å². The normalized spacial score (nSPS) is 22.7. The Kier molecular flexibility index (Phi) is 6.05. The maximum absolute atomic E-state index is 12.1. The van der Waals surface area contributed by atoms with Crippen LogP contribution in [-0.2, 0) is 10.0 Å². The van der Waals surface area contributed by atoms with Crippen LogP contribution in [0.5, 0.6) is 0 Å². The SMILES string of the molecule is CCN1CCN(C(=O)NCC2CCN(S(C)(=O)=O)CC2)CC1. The summed E-state index contributed by atoms with van der Waals surface area (Å²) < 4.78 is 24.4. The van der Waals surface area contributed by atoms with Crippen LogP contribution in [0.4, 0.5) is 4.79 Å². The van der Waals surface area contributed by atoms with Crippen molar-refractivity contribution in [2.24, 2.45) is 5.92 Å². The highest BCUT2D eigenvalue weighted by molar-refractivity contribution is 7.88. The Morgan fingerprint density at radius 3 is 2.18 bits per heavy atom. The molecule has 2 fully saturated rings. The lowest BCUT2D eigenvalue weighted by atomic mass is 9.98. The molecule has 7 nitrogen and oxygen atoms in total. The van der Waals surface area contributed by atoms with E-state index in [1.165, 1.54) is 10.6 Å². The topological polar surface area (TPSA) is 73.0 Å². The largest absolute Gasteiger partial charge is 0.338 e. The molecule has 1 N–H and O–H groups in total. The zero-order valence-electron chi connectivity index (χ0n) is 13.6. The smallest absolute Gasteiger partial charge is 0.317 e. The standard InChI is InChI=1S/C14H28N4O3S/c1-3-16-8-10-17(11-9-16)14(19)15-12-13-4-6-18(7-5-13)22(2,20)21/h13H,3-12H2,1-2H3,(H,15,19). The van der Waals surface area contributed by atoms with Gasteiger partial charge in [0, 0.05) is 45.8 Å². The number of sulfonamides is 1. The molecule has 2 aliphatic heterocycles. The number of urea groups is 1. The summed E-state index contributed by atoms with van der Waals surface area (Å²) in [7, 11) is -3.07. The molecular formula is C14H28N4O3S. The van der Waals surface area contributed by atoms with Gasteiger partial charge in [-0.25, -0.2) is 17.5 Å². The number of amides is 2. The van der Waals surface area contributed by atoms with Crippen molar-refractivity contribution in [3.05, 3.63) is 0 Å². The van der Waals surface area contributed by atoms with E-state index in [1.54, 1.807) is 0 Å². The van der Waals surface area contributed by atoms with Crippen LogP contribution in [0, 0.1) is 5.92 Å². The first-order valence-electron chi connectivity index (χ1n) is 8.10. The van der Waals surface area contributed by atoms with Gasteiger partial charge in [-0.05, 0) is 25.3 Å². The lowest BCUT2D eigenvalue weighted by Gasteiger charge is -2.35. The third-order valence-corrected chi connectivity index (χ3v) is 5.99. The second-order valence-electron chi connectivity index (χ2n) is 6.21. The summed E-state index contributed by atoms with van der Waals surface area (Å²) in [5.74, 6) is 0.374. The number of nitrogens with zero attached hydrogens (tertiary/aromatic N) is 3. The molecule has 0 aliphatic carbocycles. The molecule has 2 saturated heterocycles. The van der Waals surface area contributed by atoms with Gasteiger partial charge in [0.25, 0.3) is 0 Å². The number of nitrogens with one attached hydrogen (secondary N) is 1. The molecule has 0 aromatic rings. The predicted octanol–water partition coefficient (Wildman–Crippen LogP) is 0.00510. The molecule has 0 radical (unpaired) electrons. The van der Waals surface area contributed by atoms with Gasteiger partial charge >= 0.3 is 6.03 Å². The van der Waals surface area contributed by atoms with E-state index in [2.05, 4.69) is 17.1 Å². The van der Waals surface area contributed by atoms with E-state index in [0.29, 0.717) is 25.6 Å². The van der Waals surface area contributed by atoms with Crippen molar-refractivity contribution >= 4 is 16.1 Å². The van der Waals surface area contributed by atoms with E-state index in [9.17, 15) is 13.2 Å². The Morgan fingerprint density at radius 2 is 1.68 bits per heavy atom. The minimum atomic E-state index is -3.07. The monoisotopic (exact) mass is 332 g/mol. The Balaban J connectivity index is 1.68. The average molecular weight is 332 g/mol. The van der Waals surface area contributed by atoms with Crippen molar-refractivity contribution in [2.75, 3.05) is 58.6 Å². The third kappa shape index (κ3) is 4.82. The fourth-order valence-electron chi connectivity index (χ4n) is 3.06. The fraction of sp³-hybridized carbons (Fsp3) is 0.929. The summed E-state index contributed by atoms with van der Waals surface area (Å²) in [6.07, 6.45) is 2.89. The molecule has 2 amide bonds. The number of piperidine rings is 1. The highest BCUT2D eigenvalue weighted by atomic mass is 32.2. The first kappa shape index (κ1) is 17.5. The highest BCUT2D eigenvalue weighted by Crippen LogP contribution is 2.18. The molecule has 128 valence electrons. The van der Waals surface area contributed by atoms with Crippen LogP contribution < -0.4 is 5.32 Å². The zero-order chi connectivity index (χ0) is 16.2. The molecule has 8 heteroatoms. The van der Waals surface area contributed by atoms with E-state index in [1.807, 2.05) is 4.90 Å². The maximum atomic E-state index is 12.1. The molecule has 2 heterocycles. The lowest BCUT2D eigenvalue weighted by Crippen LogP contribution is -2.52. The highest BCUT2D eigenvalue weighted by Gasteiger charge is 2.26. The number of carbonyl (C=O) groups excluding carboxylic acids is 1. The minimum absolute atomic E-state index is 0.0151. The summed E-state index contributed by atoms with van der Waals surface area (Å²) in [5.41, 5.74) is 0. The maximum Gasteiger partial charge on any atom is 0.317 e. The number of rotatable bonds is 4. The van der Waals surface area contributed by atoms with Crippen molar-refractivity contribution in [1.82, 2.24) is 19.4 Å². The van der Waals surface area contributed by atoms with Gasteiger partial charge in [-0.15, -0.1) is 0 Å². The summed E-state index contributed by atoms with van der Waals surface area (Å²) in [6, 6.07) is 0.0151. The van der Waals surface area contributed by atoms with Gasteiger partial charge in [0.1, 0.15) is 0 Å². The van der Waals surface area contributed by atoms with E-state index in [-0.39, 0.29) is 6.03 Å². The van der Waals surface area contributed by atoms with Crippen LogP contribution in [0.25, 0.3) is 0 Å². The molecular weight excluding hydrogens is 304 g/mol. The molecule has 0 aromatic carbocycles. The van der Waals surface area contributed by atoms with Gasteiger partial charge in [0.2, 0.25) is 10.0 Å². The zero-order valence-corrected chi connectivity index (χ0v) is 14.4. The fourth-order valence-corrected chi connectivity index (χ4v) is 3.93. The third-order valence-electron chi connectivity index (χ3n) is 4.69. The van der Waals surface area contributed by atoms with Crippen molar-refractivity contribution < 1.29 is 13.2 Å². The molecule has 0 spiro atoms. The van der Waals surface area contributed by atoms with Gasteiger partial charge in [-0.3, -0.25) is 0 Å². The van der Waals surface area contributed by atoms with Crippen LogP contribution in [0.1, 0.15) is 19.8 Å². The van der Waals surface area contributed by atoms with Crippen LogP contribution in [-0.4, -0.2) is 87.2 Å². The van der Waals surface area contributed by atoms with Gasteiger partial charge in [-0.1, -0.05) is 6.92 Å². The molecule has 2 aliphatic rings. The van der Waals surface area contributed by atoms with E-state index >= 15 is 0 Å². The summed E-state index contributed by atoms with van der Waals surface area (Å²) in [5, 5.41) is 3.01. The van der Waals surface area contributed by atoms with Crippen molar-refractivity contribution in [3.63, 3.8) is 0 Å². The lowest BCUT2D eigenvalue weighted by molar-refractivity contribution is 0.141. The Labute approximate surface area is 133 Å². The van der Waals surface area contributed by atoms with Gasteiger partial charge in [-0.2, -0.15) is 0 Å². The predicted molar refractivity (Wildman–Crippen MR) is 86.2 cm³/mol. The number of likely N-dealkylation sites (N-methyl/N-ethyl adjacent to an activating group) is 1. The van der Waals surface area contributed by atoms with Crippen molar-refractivity contribution in [3.8, 4) is 0 Å². The molecule has 2 rings (SSSR count). The van der Waals surface area contributed by atoms with Crippen molar-refractivity contribution in [2.45, 2.75) is 19.8 Å². The summed E-state index contributed by atoms with van der Waals surface area (Å²) >= 11 is 0. The molecule has 0 bridgehead atoms. The van der Waals surface area contributed by atoms with E-state index in [0.717, 1.165) is 45.6 Å². The van der Waals surface area contributed by atoms with Crippen LogP contribution in [0.2, 0.25) is 0 Å². The number of piperazine rings is 1. The van der Waals surface area contributed by atoms with E-state index < -0.39 is 10.0 Å². The number of hydrogen-bond donors (Lipinski definition) is 1. The quantitative estimate of drug-likeness (QED) is 0.787. The average Bonchev–Trinajstić information content (AvgIpc) is 2.52. The number of carbonyl (C=O) groups is 1. The van der Waals surface area contributed by atoms with Crippen LogP contribution >= 0.6 is 0 Å². The molecule has 0 aromatic heterocycles. The van der Waals surface area contributed by atoms with Gasteiger partial charge in [0.15, 0.2) is 0 Å². The Morgan fingerprint density at radius 1 is 1.09 bits per heavy atom. The second kappa shape index (κ2) is 7.61. The van der Waals surface area contributed by atoms with Gasteiger partial charge in [0.05, 0.1) is 6.26 Å². The second-order valence-corrected chi connectivity index (χ2v) is 8.20. The molecule has 0 atom stereocenters. The molecule has 0 saturated carbocycles. The van der Waals surface area contributed by atoms with Crippen LogP contribution in [0.3, 0.4) is 0 Å². The van der Waals surface area contributed by atoms with Crippen molar-refractivity contribution in [1.29, 1.82) is 0 Å². The molecule has 22 heavy (non-hydrogen) atoms. The molecule has 0 unspecified atom stereocenters. The van der Waals surface area contributed by atoms with Crippen LogP contribution in [0.15, 0.2) is 0 Å².